The van der Waals surface area contributed by atoms with Gasteiger partial charge in [0.2, 0.25) is 5.91 Å². The van der Waals surface area contributed by atoms with E-state index in [1.807, 2.05) is 0 Å². The number of aryl methyl sites for hydroxylation is 1. The van der Waals surface area contributed by atoms with Crippen LogP contribution in [-0.4, -0.2) is 60.2 Å². The fourth-order valence-electron chi connectivity index (χ4n) is 3.11. The van der Waals surface area contributed by atoms with Crippen molar-refractivity contribution in [1.82, 2.24) is 20.2 Å². The number of fused-ring (bicyclic) bond motifs is 1. The number of imidazole rings is 1. The SMILES string of the molecule is O=C(NCCCN1CCOCC1)[C@H]1CCc2nc[nH]c2C1. The van der Waals surface area contributed by atoms with Crippen molar-refractivity contribution in [2.75, 3.05) is 39.4 Å². The van der Waals surface area contributed by atoms with Crippen molar-refractivity contribution in [3.05, 3.63) is 17.7 Å². The van der Waals surface area contributed by atoms with Crippen LogP contribution in [0.25, 0.3) is 0 Å². The molecule has 116 valence electrons. The van der Waals surface area contributed by atoms with Gasteiger partial charge < -0.3 is 15.0 Å². The molecule has 0 bridgehead atoms. The molecule has 1 aliphatic carbocycles. The third kappa shape index (κ3) is 3.83. The van der Waals surface area contributed by atoms with Gasteiger partial charge in [0.25, 0.3) is 0 Å². The normalized spacial score (nSPS) is 22.8. The molecular weight excluding hydrogens is 268 g/mol. The molecule has 1 amide bonds. The van der Waals surface area contributed by atoms with Crippen LogP contribution in [-0.2, 0) is 22.4 Å². The van der Waals surface area contributed by atoms with Gasteiger partial charge in [0.1, 0.15) is 0 Å². The molecule has 21 heavy (non-hydrogen) atoms. The first-order valence-corrected chi connectivity index (χ1v) is 7.92. The summed E-state index contributed by atoms with van der Waals surface area (Å²) in [4.78, 5) is 22.0. The zero-order valence-electron chi connectivity index (χ0n) is 12.4. The molecule has 6 heteroatoms. The summed E-state index contributed by atoms with van der Waals surface area (Å²) in [6.07, 6.45) is 5.35. The Morgan fingerprint density at radius 2 is 2.33 bits per heavy atom. The van der Waals surface area contributed by atoms with Gasteiger partial charge in [0.15, 0.2) is 0 Å². The molecule has 0 radical (unpaired) electrons. The summed E-state index contributed by atoms with van der Waals surface area (Å²) in [6, 6.07) is 0. The van der Waals surface area contributed by atoms with E-state index in [4.69, 9.17) is 4.74 Å². The lowest BCUT2D eigenvalue weighted by Gasteiger charge is -2.26. The predicted octanol–water partition coefficient (Wildman–Crippen LogP) is 0.353. The summed E-state index contributed by atoms with van der Waals surface area (Å²) in [5.41, 5.74) is 2.26. The first kappa shape index (κ1) is 14.5. The molecular formula is C15H24N4O2. The molecule has 0 saturated carbocycles. The number of rotatable bonds is 5. The van der Waals surface area contributed by atoms with Crippen molar-refractivity contribution in [2.45, 2.75) is 25.7 Å². The first-order chi connectivity index (χ1) is 10.3. The van der Waals surface area contributed by atoms with Crippen LogP contribution < -0.4 is 5.32 Å². The van der Waals surface area contributed by atoms with Gasteiger partial charge in [-0.15, -0.1) is 0 Å². The maximum atomic E-state index is 12.2. The Labute approximate surface area is 125 Å². The van der Waals surface area contributed by atoms with Crippen LogP contribution in [0.2, 0.25) is 0 Å². The highest BCUT2D eigenvalue weighted by molar-refractivity contribution is 5.79. The first-order valence-electron chi connectivity index (χ1n) is 7.92. The van der Waals surface area contributed by atoms with Gasteiger partial charge in [-0.3, -0.25) is 9.69 Å². The summed E-state index contributed by atoms with van der Waals surface area (Å²) in [6.45, 7) is 5.50. The highest BCUT2D eigenvalue weighted by Crippen LogP contribution is 2.22. The Bertz CT molecular complexity index is 468. The summed E-state index contributed by atoms with van der Waals surface area (Å²) in [5, 5.41) is 3.08. The highest BCUT2D eigenvalue weighted by atomic mass is 16.5. The topological polar surface area (TPSA) is 70.2 Å². The molecule has 1 aromatic rings. The number of H-pyrrole nitrogens is 1. The number of aromatic amines is 1. The van der Waals surface area contributed by atoms with Gasteiger partial charge in [-0.2, -0.15) is 0 Å². The molecule has 6 nitrogen and oxygen atoms in total. The average Bonchev–Trinajstić information content (AvgIpc) is 3.00. The molecule has 2 N–H and O–H groups in total. The van der Waals surface area contributed by atoms with E-state index in [1.165, 1.54) is 0 Å². The minimum Gasteiger partial charge on any atom is -0.379 e. The van der Waals surface area contributed by atoms with Crippen LogP contribution >= 0.6 is 0 Å². The number of nitrogens with zero attached hydrogens (tertiary/aromatic N) is 2. The van der Waals surface area contributed by atoms with Gasteiger partial charge in [0, 0.05) is 37.7 Å². The molecule has 1 fully saturated rings. The smallest absolute Gasteiger partial charge is 0.223 e. The number of carbonyl (C=O) groups is 1. The van der Waals surface area contributed by atoms with Crippen LogP contribution in [0.5, 0.6) is 0 Å². The minimum atomic E-state index is 0.0985. The lowest BCUT2D eigenvalue weighted by atomic mass is 9.89. The number of nitrogens with one attached hydrogen (secondary N) is 2. The Morgan fingerprint density at radius 1 is 1.48 bits per heavy atom. The van der Waals surface area contributed by atoms with Crippen molar-refractivity contribution in [2.24, 2.45) is 5.92 Å². The predicted molar refractivity (Wildman–Crippen MR) is 79.0 cm³/mol. The van der Waals surface area contributed by atoms with E-state index in [0.29, 0.717) is 0 Å². The van der Waals surface area contributed by atoms with Crippen LogP contribution in [0, 0.1) is 5.92 Å². The number of aromatic nitrogens is 2. The standard InChI is InChI=1S/C15H24N4O2/c20-15(12-2-3-13-14(10-12)18-11-17-13)16-4-1-5-19-6-8-21-9-7-19/h11-12H,1-10H2,(H,16,20)(H,17,18)/t12-/m0/s1. The molecule has 2 heterocycles. The number of carbonyl (C=O) groups excluding carboxylic acids is 1. The van der Waals surface area contributed by atoms with E-state index in [0.717, 1.165) is 76.5 Å². The highest BCUT2D eigenvalue weighted by Gasteiger charge is 2.25. The maximum Gasteiger partial charge on any atom is 0.223 e. The van der Waals surface area contributed by atoms with Crippen LogP contribution in [0.3, 0.4) is 0 Å². The molecule has 1 atom stereocenters. The third-order valence-electron chi connectivity index (χ3n) is 4.41. The molecule has 0 unspecified atom stereocenters. The van der Waals surface area contributed by atoms with E-state index in [1.54, 1.807) is 6.33 Å². The monoisotopic (exact) mass is 292 g/mol. The largest absolute Gasteiger partial charge is 0.379 e. The zero-order valence-corrected chi connectivity index (χ0v) is 12.4. The Morgan fingerprint density at radius 3 is 3.19 bits per heavy atom. The second-order valence-corrected chi connectivity index (χ2v) is 5.87. The van der Waals surface area contributed by atoms with Crippen LogP contribution in [0.1, 0.15) is 24.2 Å². The Kier molecular flexibility index (Phi) is 4.87. The molecule has 2 aliphatic rings. The number of hydrogen-bond acceptors (Lipinski definition) is 4. The van der Waals surface area contributed by atoms with Gasteiger partial charge in [-0.1, -0.05) is 0 Å². The van der Waals surface area contributed by atoms with Gasteiger partial charge in [0.05, 0.1) is 25.2 Å². The molecule has 0 aromatic carbocycles. The van der Waals surface area contributed by atoms with E-state index >= 15 is 0 Å². The molecule has 1 aromatic heterocycles. The Hall–Kier alpha value is -1.40. The number of morpholine rings is 1. The van der Waals surface area contributed by atoms with Gasteiger partial charge in [-0.25, -0.2) is 4.98 Å². The molecule has 0 spiro atoms. The van der Waals surface area contributed by atoms with Crippen molar-refractivity contribution in [3.8, 4) is 0 Å². The fourth-order valence-corrected chi connectivity index (χ4v) is 3.11. The van der Waals surface area contributed by atoms with Gasteiger partial charge >= 0.3 is 0 Å². The average molecular weight is 292 g/mol. The van der Waals surface area contributed by atoms with Crippen LogP contribution in [0.4, 0.5) is 0 Å². The van der Waals surface area contributed by atoms with E-state index < -0.39 is 0 Å². The van der Waals surface area contributed by atoms with E-state index in [9.17, 15) is 4.79 Å². The second kappa shape index (κ2) is 7.04. The number of amides is 1. The molecule has 1 aliphatic heterocycles. The summed E-state index contributed by atoms with van der Waals surface area (Å²) in [5.74, 6) is 0.290. The molecule has 1 saturated heterocycles. The van der Waals surface area contributed by atoms with Crippen molar-refractivity contribution < 1.29 is 9.53 Å². The second-order valence-electron chi connectivity index (χ2n) is 5.87. The van der Waals surface area contributed by atoms with E-state index in [2.05, 4.69) is 20.2 Å². The lowest BCUT2D eigenvalue weighted by molar-refractivity contribution is -0.125. The Balaban J connectivity index is 1.35. The van der Waals surface area contributed by atoms with Crippen molar-refractivity contribution >= 4 is 5.91 Å². The third-order valence-corrected chi connectivity index (χ3v) is 4.41. The van der Waals surface area contributed by atoms with Crippen molar-refractivity contribution in [3.63, 3.8) is 0 Å². The lowest BCUT2D eigenvalue weighted by Crippen LogP contribution is -2.39. The summed E-state index contributed by atoms with van der Waals surface area (Å²) < 4.78 is 5.33. The zero-order chi connectivity index (χ0) is 14.5. The van der Waals surface area contributed by atoms with E-state index in [-0.39, 0.29) is 11.8 Å². The maximum absolute atomic E-state index is 12.2. The summed E-state index contributed by atoms with van der Waals surface area (Å²) >= 11 is 0. The van der Waals surface area contributed by atoms with Crippen LogP contribution in [0.15, 0.2) is 6.33 Å². The molecule has 3 rings (SSSR count). The summed E-state index contributed by atoms with van der Waals surface area (Å²) in [7, 11) is 0. The van der Waals surface area contributed by atoms with Gasteiger partial charge in [-0.05, 0) is 25.8 Å². The van der Waals surface area contributed by atoms with Crippen molar-refractivity contribution in [1.29, 1.82) is 0 Å². The fraction of sp³-hybridized carbons (Fsp3) is 0.733. The number of hydrogen-bond donors (Lipinski definition) is 2. The quantitative estimate of drug-likeness (QED) is 0.769. The minimum absolute atomic E-state index is 0.0985. The number of ether oxygens (including phenoxy) is 1.